The smallest absolute Gasteiger partial charge is 0.255 e. The first-order valence-electron chi connectivity index (χ1n) is 5.94. The molecule has 1 amide bonds. The van der Waals surface area contributed by atoms with Crippen LogP contribution in [0.1, 0.15) is 21.6 Å². The Morgan fingerprint density at radius 3 is 2.94 bits per heavy atom. The number of hydrogen-bond donors (Lipinski definition) is 1. The summed E-state index contributed by atoms with van der Waals surface area (Å²) in [6.45, 7) is 1.46. The van der Waals surface area contributed by atoms with Gasteiger partial charge in [-0.15, -0.1) is 0 Å². The summed E-state index contributed by atoms with van der Waals surface area (Å²) in [6.07, 6.45) is 2.84. The Balaban J connectivity index is 1.85. The molecule has 0 radical (unpaired) electrons. The predicted octanol–water partition coefficient (Wildman–Crippen LogP) is 2.98. The molecule has 0 fully saturated rings. The Morgan fingerprint density at radius 1 is 1.28 bits per heavy atom. The lowest BCUT2D eigenvalue weighted by Crippen LogP contribution is -2.35. The van der Waals surface area contributed by atoms with E-state index < -0.39 is 0 Å². The first-order valence-corrected chi connectivity index (χ1v) is 6.74. The zero-order valence-corrected chi connectivity index (χ0v) is 11.4. The molecule has 0 atom stereocenters. The second-order valence-electron chi connectivity index (χ2n) is 4.44. The first kappa shape index (κ1) is 11.5. The predicted molar refractivity (Wildman–Crippen MR) is 73.4 cm³/mol. The monoisotopic (exact) mass is 304 g/mol. The molecule has 1 N–H and O–H groups in total. The van der Waals surface area contributed by atoms with Gasteiger partial charge in [0.1, 0.15) is 0 Å². The number of aromatic nitrogens is 1. The quantitative estimate of drug-likeness (QED) is 0.864. The number of nitrogens with zero attached hydrogens (tertiary/aromatic N) is 1. The van der Waals surface area contributed by atoms with Gasteiger partial charge in [0.05, 0.1) is 5.56 Å². The van der Waals surface area contributed by atoms with E-state index in [-0.39, 0.29) is 5.91 Å². The van der Waals surface area contributed by atoms with Crippen molar-refractivity contribution in [2.75, 3.05) is 6.54 Å². The largest absolute Gasteiger partial charge is 0.365 e. The maximum atomic E-state index is 12.4. The van der Waals surface area contributed by atoms with Crippen LogP contribution >= 0.6 is 15.9 Å². The Morgan fingerprint density at radius 2 is 2.11 bits per heavy atom. The van der Waals surface area contributed by atoms with Gasteiger partial charge in [0.25, 0.3) is 5.91 Å². The van der Waals surface area contributed by atoms with Crippen LogP contribution in [-0.4, -0.2) is 22.3 Å². The van der Waals surface area contributed by atoms with Crippen LogP contribution in [-0.2, 0) is 13.0 Å². The number of carbonyl (C=O) groups is 1. The van der Waals surface area contributed by atoms with Crippen molar-refractivity contribution in [2.24, 2.45) is 0 Å². The van der Waals surface area contributed by atoms with Crippen molar-refractivity contribution >= 4 is 21.8 Å². The van der Waals surface area contributed by atoms with E-state index in [0.717, 1.165) is 23.0 Å². The molecule has 2 heterocycles. The highest BCUT2D eigenvalue weighted by molar-refractivity contribution is 9.10. The lowest BCUT2D eigenvalue weighted by molar-refractivity contribution is 0.0733. The molecule has 2 aromatic rings. The Hall–Kier alpha value is -1.55. The summed E-state index contributed by atoms with van der Waals surface area (Å²) in [5, 5.41) is 0. The number of rotatable bonds is 1. The summed E-state index contributed by atoms with van der Waals surface area (Å²) < 4.78 is 0.856. The highest BCUT2D eigenvalue weighted by atomic mass is 79.9. The van der Waals surface area contributed by atoms with Gasteiger partial charge < -0.3 is 9.88 Å². The average Bonchev–Trinajstić information content (AvgIpc) is 2.85. The summed E-state index contributed by atoms with van der Waals surface area (Å²) in [6, 6.07) is 9.62. The topological polar surface area (TPSA) is 36.1 Å². The van der Waals surface area contributed by atoms with E-state index in [2.05, 4.69) is 27.0 Å². The highest BCUT2D eigenvalue weighted by Crippen LogP contribution is 2.22. The molecule has 3 rings (SSSR count). The summed E-state index contributed by atoms with van der Waals surface area (Å²) >= 11 is 3.43. The number of hydrogen-bond acceptors (Lipinski definition) is 1. The van der Waals surface area contributed by atoms with Crippen LogP contribution in [0, 0.1) is 0 Å². The van der Waals surface area contributed by atoms with E-state index in [4.69, 9.17) is 0 Å². The maximum absolute atomic E-state index is 12.4. The fraction of sp³-hybridized carbons (Fsp3) is 0.214. The van der Waals surface area contributed by atoms with E-state index in [9.17, 15) is 4.79 Å². The standard InChI is InChI=1S/C14H13BrN2O/c15-12-4-2-1-3-11(12)14(18)17-8-6-13-10(9-17)5-7-16-13/h1-5,7,16H,6,8-9H2. The molecular weight excluding hydrogens is 292 g/mol. The zero-order chi connectivity index (χ0) is 12.5. The molecule has 1 aromatic heterocycles. The van der Waals surface area contributed by atoms with Gasteiger partial charge in [-0.25, -0.2) is 0 Å². The molecule has 0 saturated carbocycles. The van der Waals surface area contributed by atoms with Crippen LogP contribution in [0.15, 0.2) is 41.0 Å². The number of amides is 1. The average molecular weight is 305 g/mol. The minimum absolute atomic E-state index is 0.0920. The number of carbonyl (C=O) groups excluding carboxylic acids is 1. The van der Waals surface area contributed by atoms with Gasteiger partial charge in [-0.2, -0.15) is 0 Å². The SMILES string of the molecule is O=C(c1ccccc1Br)N1CCc2[nH]ccc2C1. The number of halogens is 1. The van der Waals surface area contributed by atoms with Gasteiger partial charge in [0.2, 0.25) is 0 Å². The first-order chi connectivity index (χ1) is 8.75. The minimum atomic E-state index is 0.0920. The highest BCUT2D eigenvalue weighted by Gasteiger charge is 2.23. The van der Waals surface area contributed by atoms with E-state index in [1.165, 1.54) is 11.3 Å². The summed E-state index contributed by atoms with van der Waals surface area (Å²) in [5.41, 5.74) is 3.21. The molecule has 3 nitrogen and oxygen atoms in total. The molecule has 0 saturated heterocycles. The van der Waals surface area contributed by atoms with E-state index in [1.807, 2.05) is 35.4 Å². The van der Waals surface area contributed by atoms with Crippen molar-refractivity contribution in [1.29, 1.82) is 0 Å². The van der Waals surface area contributed by atoms with Crippen LogP contribution in [0.3, 0.4) is 0 Å². The Bertz CT molecular complexity index is 591. The number of H-pyrrole nitrogens is 1. The molecule has 1 aliphatic rings. The third-order valence-electron chi connectivity index (χ3n) is 3.31. The van der Waals surface area contributed by atoms with E-state index in [0.29, 0.717) is 6.54 Å². The third kappa shape index (κ3) is 1.97. The zero-order valence-electron chi connectivity index (χ0n) is 9.82. The van der Waals surface area contributed by atoms with Gasteiger partial charge in [-0.3, -0.25) is 4.79 Å². The summed E-state index contributed by atoms with van der Waals surface area (Å²) in [7, 11) is 0. The van der Waals surface area contributed by atoms with Crippen LogP contribution in [0.4, 0.5) is 0 Å². The number of fused-ring (bicyclic) bond motifs is 1. The van der Waals surface area contributed by atoms with Crippen molar-refractivity contribution in [3.05, 3.63) is 57.8 Å². The molecule has 92 valence electrons. The fourth-order valence-electron chi connectivity index (χ4n) is 2.33. The maximum Gasteiger partial charge on any atom is 0.255 e. The summed E-state index contributed by atoms with van der Waals surface area (Å²) in [4.78, 5) is 17.6. The van der Waals surface area contributed by atoms with Crippen LogP contribution in [0.2, 0.25) is 0 Å². The normalized spacial score (nSPS) is 14.4. The molecule has 0 spiro atoms. The van der Waals surface area contributed by atoms with Gasteiger partial charge in [0.15, 0.2) is 0 Å². The minimum Gasteiger partial charge on any atom is -0.365 e. The van der Waals surface area contributed by atoms with Crippen molar-refractivity contribution in [3.8, 4) is 0 Å². The molecule has 0 unspecified atom stereocenters. The van der Waals surface area contributed by atoms with Crippen LogP contribution in [0.25, 0.3) is 0 Å². The summed E-state index contributed by atoms with van der Waals surface area (Å²) in [5.74, 6) is 0.0920. The van der Waals surface area contributed by atoms with Crippen LogP contribution < -0.4 is 0 Å². The third-order valence-corrected chi connectivity index (χ3v) is 4.01. The number of aromatic amines is 1. The Kier molecular flexibility index (Phi) is 2.96. The lowest BCUT2D eigenvalue weighted by Gasteiger charge is -2.27. The molecule has 1 aromatic carbocycles. The number of nitrogens with one attached hydrogen (secondary N) is 1. The van der Waals surface area contributed by atoms with Crippen molar-refractivity contribution in [2.45, 2.75) is 13.0 Å². The van der Waals surface area contributed by atoms with Crippen LogP contribution in [0.5, 0.6) is 0 Å². The molecular formula is C14H13BrN2O. The Labute approximate surface area is 114 Å². The molecule has 18 heavy (non-hydrogen) atoms. The van der Waals surface area contributed by atoms with Gasteiger partial charge >= 0.3 is 0 Å². The number of benzene rings is 1. The molecule has 4 heteroatoms. The fourth-order valence-corrected chi connectivity index (χ4v) is 2.78. The second-order valence-corrected chi connectivity index (χ2v) is 5.29. The van der Waals surface area contributed by atoms with Gasteiger partial charge in [-0.05, 0) is 39.7 Å². The second kappa shape index (κ2) is 4.61. The van der Waals surface area contributed by atoms with Gasteiger partial charge in [-0.1, -0.05) is 12.1 Å². The molecule has 0 aliphatic carbocycles. The van der Waals surface area contributed by atoms with Crippen molar-refractivity contribution < 1.29 is 4.79 Å². The lowest BCUT2D eigenvalue weighted by atomic mass is 10.1. The van der Waals surface area contributed by atoms with Gasteiger partial charge in [0, 0.05) is 35.9 Å². The molecule has 1 aliphatic heterocycles. The van der Waals surface area contributed by atoms with E-state index in [1.54, 1.807) is 0 Å². The van der Waals surface area contributed by atoms with Crippen molar-refractivity contribution in [3.63, 3.8) is 0 Å². The van der Waals surface area contributed by atoms with E-state index >= 15 is 0 Å². The van der Waals surface area contributed by atoms with Crippen molar-refractivity contribution in [1.82, 2.24) is 9.88 Å². The molecule has 0 bridgehead atoms.